The van der Waals surface area contributed by atoms with Crippen molar-refractivity contribution in [1.29, 1.82) is 0 Å². The number of fused-ring (bicyclic) bond motifs is 3. The zero-order chi connectivity index (χ0) is 29.2. The Bertz CT molecular complexity index is 1650. The number of aromatic hydroxyl groups is 1. The van der Waals surface area contributed by atoms with Gasteiger partial charge in [0, 0.05) is 34.8 Å². The molecule has 0 bridgehead atoms. The number of rotatable bonds is 5. The lowest BCUT2D eigenvalue weighted by molar-refractivity contribution is -0.384. The van der Waals surface area contributed by atoms with Crippen molar-refractivity contribution in [2.45, 2.75) is 32.6 Å². The number of nitro groups is 1. The topological polar surface area (TPSA) is 144 Å². The molecule has 10 nitrogen and oxygen atoms in total. The number of allylic oxidation sites excluding steroid dienone is 6. The van der Waals surface area contributed by atoms with Gasteiger partial charge in [-0.1, -0.05) is 17.7 Å². The summed E-state index contributed by atoms with van der Waals surface area (Å²) in [7, 11) is 0. The maximum atomic E-state index is 13.9. The molecular weight excluding hydrogens is 528 g/mol. The van der Waals surface area contributed by atoms with Gasteiger partial charge in [-0.3, -0.25) is 34.2 Å². The Morgan fingerprint density at radius 1 is 1.05 bits per heavy atom. The predicted octanol–water partition coefficient (Wildman–Crippen LogP) is 4.33. The van der Waals surface area contributed by atoms with Gasteiger partial charge in [0.25, 0.3) is 5.69 Å². The number of phenols is 1. The van der Waals surface area contributed by atoms with Crippen LogP contribution in [-0.4, -0.2) is 40.0 Å². The molecule has 0 spiro atoms. The second-order valence-corrected chi connectivity index (χ2v) is 10.7. The Morgan fingerprint density at radius 3 is 2.46 bits per heavy atom. The first-order valence-corrected chi connectivity index (χ1v) is 13.4. The Hall–Kier alpha value is -4.86. The maximum Gasteiger partial charge on any atom is 0.269 e. The number of nitro benzene ring substituents is 1. The van der Waals surface area contributed by atoms with E-state index in [2.05, 4.69) is 0 Å². The number of Topliss-reactive ketones (excluding diaryl/α,β-unsaturated/α-hetero) is 1. The summed E-state index contributed by atoms with van der Waals surface area (Å²) in [6.45, 7) is 3.67. The highest BCUT2D eigenvalue weighted by Gasteiger charge is 2.56. The highest BCUT2D eigenvalue weighted by molar-refractivity contribution is 6.25. The molecule has 41 heavy (non-hydrogen) atoms. The molecule has 10 heteroatoms. The molecule has 2 aromatic rings. The summed E-state index contributed by atoms with van der Waals surface area (Å²) in [5, 5.41) is 21.4. The number of benzene rings is 2. The van der Waals surface area contributed by atoms with E-state index < -0.39 is 40.4 Å². The summed E-state index contributed by atoms with van der Waals surface area (Å²) < 4.78 is 5.60. The smallest absolute Gasteiger partial charge is 0.269 e. The predicted molar refractivity (Wildman–Crippen MR) is 146 cm³/mol. The number of carbonyl (C=O) groups is 4. The van der Waals surface area contributed by atoms with Crippen molar-refractivity contribution in [2.75, 3.05) is 11.5 Å². The fraction of sp³-hybridized carbons (Fsp3) is 0.290. The van der Waals surface area contributed by atoms with E-state index >= 15 is 0 Å². The van der Waals surface area contributed by atoms with Gasteiger partial charge in [-0.05, 0) is 68.5 Å². The van der Waals surface area contributed by atoms with Crippen LogP contribution in [0.1, 0.15) is 38.2 Å². The lowest BCUT2D eigenvalue weighted by Crippen LogP contribution is -2.39. The summed E-state index contributed by atoms with van der Waals surface area (Å²) in [5.74, 6) is -3.83. The number of amides is 2. The van der Waals surface area contributed by atoms with Crippen LogP contribution in [-0.2, 0) is 19.2 Å². The highest BCUT2D eigenvalue weighted by atomic mass is 16.6. The summed E-state index contributed by atoms with van der Waals surface area (Å²) in [5.41, 5.74) is 2.49. The number of nitrogens with zero attached hydrogens (tertiary/aromatic N) is 2. The second-order valence-electron chi connectivity index (χ2n) is 10.7. The minimum Gasteiger partial charge on any atom is -0.504 e. The van der Waals surface area contributed by atoms with Crippen LogP contribution in [0, 0.1) is 27.9 Å². The lowest BCUT2D eigenvalue weighted by atomic mass is 9.59. The van der Waals surface area contributed by atoms with Crippen molar-refractivity contribution >= 4 is 34.8 Å². The first-order chi connectivity index (χ1) is 19.6. The average molecular weight is 555 g/mol. The molecule has 1 heterocycles. The number of ether oxygens (including phenoxy) is 1. The van der Waals surface area contributed by atoms with Crippen molar-refractivity contribution in [3.63, 3.8) is 0 Å². The van der Waals surface area contributed by atoms with Gasteiger partial charge in [-0.15, -0.1) is 0 Å². The zero-order valence-corrected chi connectivity index (χ0v) is 22.3. The van der Waals surface area contributed by atoms with Crippen LogP contribution in [0.15, 0.2) is 76.9 Å². The number of non-ortho nitro benzene ring substituents is 1. The van der Waals surface area contributed by atoms with Gasteiger partial charge in [0.1, 0.15) is 0 Å². The second kappa shape index (κ2) is 9.65. The molecule has 1 saturated heterocycles. The van der Waals surface area contributed by atoms with Gasteiger partial charge in [0.15, 0.2) is 23.1 Å². The molecule has 0 saturated carbocycles. The van der Waals surface area contributed by atoms with Crippen LogP contribution in [0.5, 0.6) is 11.5 Å². The number of ketones is 2. The number of hydrogen-bond acceptors (Lipinski definition) is 8. The molecular formula is C31H26N2O8. The molecule has 1 N–H and O–H groups in total. The minimum absolute atomic E-state index is 0.0630. The third-order valence-electron chi connectivity index (χ3n) is 8.50. The molecule has 1 fully saturated rings. The third kappa shape index (κ3) is 4.01. The molecule has 0 radical (unpaired) electrons. The van der Waals surface area contributed by atoms with E-state index in [1.807, 2.05) is 6.08 Å². The number of carbonyl (C=O) groups excluding carboxylic acids is 4. The summed E-state index contributed by atoms with van der Waals surface area (Å²) in [6.07, 6.45) is 3.64. The van der Waals surface area contributed by atoms with Gasteiger partial charge in [0.05, 0.1) is 29.1 Å². The molecule has 6 rings (SSSR count). The standard InChI is InChI=1S/C31H26N2O8/c1-3-41-25-13-16(4-11-23(25)34)26-19-9-10-20-27(21(19)14-22-28(26)24(35)12-15(2)29(22)36)31(38)32(30(20)37)17-5-7-18(8-6-17)33(39)40/h4-9,11-13,20-21,26-27,34H,3,10,14H2,1-2H3. The van der Waals surface area contributed by atoms with Crippen molar-refractivity contribution in [2.24, 2.45) is 17.8 Å². The lowest BCUT2D eigenvalue weighted by Gasteiger charge is -2.42. The van der Waals surface area contributed by atoms with Crippen molar-refractivity contribution < 1.29 is 33.9 Å². The fourth-order valence-electron chi connectivity index (χ4n) is 6.72. The fourth-order valence-corrected chi connectivity index (χ4v) is 6.72. The molecule has 2 aromatic carbocycles. The monoisotopic (exact) mass is 554 g/mol. The summed E-state index contributed by atoms with van der Waals surface area (Å²) >= 11 is 0. The molecule has 208 valence electrons. The van der Waals surface area contributed by atoms with E-state index in [0.29, 0.717) is 28.9 Å². The first-order valence-electron chi connectivity index (χ1n) is 13.4. The van der Waals surface area contributed by atoms with Crippen molar-refractivity contribution in [3.05, 3.63) is 92.6 Å². The molecule has 4 unspecified atom stereocenters. The van der Waals surface area contributed by atoms with E-state index in [1.54, 1.807) is 26.0 Å². The van der Waals surface area contributed by atoms with Crippen molar-refractivity contribution in [3.8, 4) is 11.5 Å². The summed E-state index contributed by atoms with van der Waals surface area (Å²) in [4.78, 5) is 65.9. The Balaban J connectivity index is 1.46. The normalized spacial score (nSPS) is 25.4. The van der Waals surface area contributed by atoms with Crippen LogP contribution in [0.2, 0.25) is 0 Å². The number of phenolic OH excluding ortho intramolecular Hbond substituents is 1. The van der Waals surface area contributed by atoms with Gasteiger partial charge in [0.2, 0.25) is 11.8 Å². The Morgan fingerprint density at radius 2 is 1.78 bits per heavy atom. The van der Waals surface area contributed by atoms with E-state index in [-0.39, 0.29) is 47.3 Å². The Labute approximate surface area is 234 Å². The SMILES string of the molecule is CCOc1cc(C2C3=CCC4C(=O)N(c5ccc([N+](=O)[O-])cc5)C(=O)C4C3CC3=C2C(=O)C=C(C)C3=O)ccc1O. The highest BCUT2D eigenvalue weighted by Crippen LogP contribution is 2.55. The van der Waals surface area contributed by atoms with Gasteiger partial charge >= 0.3 is 0 Å². The number of imide groups is 1. The van der Waals surface area contributed by atoms with E-state index in [1.165, 1.54) is 36.4 Å². The van der Waals surface area contributed by atoms with E-state index in [9.17, 15) is 34.4 Å². The van der Waals surface area contributed by atoms with Crippen LogP contribution in [0.25, 0.3) is 0 Å². The first kappa shape index (κ1) is 26.4. The molecule has 3 aliphatic carbocycles. The molecule has 0 aromatic heterocycles. The Kier molecular flexibility index (Phi) is 6.21. The van der Waals surface area contributed by atoms with Gasteiger partial charge in [-0.25, -0.2) is 0 Å². The zero-order valence-electron chi connectivity index (χ0n) is 22.3. The molecule has 4 atom stereocenters. The summed E-state index contributed by atoms with van der Waals surface area (Å²) in [6, 6.07) is 10.1. The molecule has 4 aliphatic rings. The quantitative estimate of drug-likeness (QED) is 0.189. The minimum atomic E-state index is -0.771. The number of anilines is 1. The number of hydrogen-bond donors (Lipinski definition) is 1. The average Bonchev–Trinajstić information content (AvgIpc) is 3.21. The third-order valence-corrected chi connectivity index (χ3v) is 8.50. The van der Waals surface area contributed by atoms with Crippen LogP contribution in [0.4, 0.5) is 11.4 Å². The maximum absolute atomic E-state index is 13.9. The van der Waals surface area contributed by atoms with Gasteiger partial charge in [-0.2, -0.15) is 0 Å². The van der Waals surface area contributed by atoms with Crippen LogP contribution >= 0.6 is 0 Å². The van der Waals surface area contributed by atoms with Gasteiger partial charge < -0.3 is 9.84 Å². The van der Waals surface area contributed by atoms with Crippen molar-refractivity contribution in [1.82, 2.24) is 0 Å². The molecule has 1 aliphatic heterocycles. The largest absolute Gasteiger partial charge is 0.504 e. The van der Waals surface area contributed by atoms with E-state index in [4.69, 9.17) is 4.74 Å². The van der Waals surface area contributed by atoms with Crippen LogP contribution < -0.4 is 9.64 Å². The van der Waals surface area contributed by atoms with E-state index in [0.717, 1.165) is 10.5 Å². The molecule has 2 amide bonds. The van der Waals surface area contributed by atoms with Crippen LogP contribution in [0.3, 0.4) is 0 Å².